The van der Waals surface area contributed by atoms with Crippen LogP contribution in [0, 0.1) is 11.8 Å². The third-order valence-corrected chi connectivity index (χ3v) is 12.1. The molecule has 0 radical (unpaired) electrons. The predicted octanol–water partition coefficient (Wildman–Crippen LogP) is 16.5. The highest BCUT2D eigenvalue weighted by atomic mass is 16.6. The van der Waals surface area contributed by atoms with Crippen molar-refractivity contribution in [2.75, 3.05) is 13.2 Å². The van der Waals surface area contributed by atoms with Gasteiger partial charge in [-0.05, 0) is 31.1 Å². The molecular weight excluding hydrogens is 721 g/mol. The van der Waals surface area contributed by atoms with Gasteiger partial charge >= 0.3 is 17.9 Å². The highest BCUT2D eigenvalue weighted by Gasteiger charge is 2.19. The standard InChI is InChI=1S/C52H100O6/c1-6-8-9-10-11-12-13-14-18-21-27-32-37-42-50(53)56-45-49(58-52(55)44-39-34-29-24-23-26-31-36-41-48(5)7-2)46-57-51(54)43-38-33-28-22-19-16-15-17-20-25-30-35-40-47(3)4/h47-49H,6-46H2,1-5H3/t48?,49-/m0/s1. The highest BCUT2D eigenvalue weighted by molar-refractivity contribution is 5.71. The summed E-state index contributed by atoms with van der Waals surface area (Å²) in [6.07, 6.45) is 45.1. The molecule has 0 fully saturated rings. The Hall–Kier alpha value is -1.59. The molecule has 0 aliphatic carbocycles. The SMILES string of the molecule is CCCCCCCCCCCCCCCC(=O)OC[C@@H](COC(=O)CCCCCCCCCCCCCCC(C)C)OC(=O)CCCCCCCCCCC(C)CC. The third kappa shape index (κ3) is 44.0. The van der Waals surface area contributed by atoms with E-state index >= 15 is 0 Å². The van der Waals surface area contributed by atoms with E-state index in [4.69, 9.17) is 14.2 Å². The Bertz CT molecular complexity index is 887. The molecule has 6 heteroatoms. The van der Waals surface area contributed by atoms with Crippen molar-refractivity contribution in [2.24, 2.45) is 11.8 Å². The van der Waals surface area contributed by atoms with Crippen LogP contribution < -0.4 is 0 Å². The number of hydrogen-bond acceptors (Lipinski definition) is 6. The Balaban J connectivity index is 4.32. The van der Waals surface area contributed by atoms with E-state index in [1.54, 1.807) is 0 Å². The van der Waals surface area contributed by atoms with Crippen LogP contribution >= 0.6 is 0 Å². The summed E-state index contributed by atoms with van der Waals surface area (Å²) in [5.74, 6) is 0.829. The first-order chi connectivity index (χ1) is 28.3. The minimum Gasteiger partial charge on any atom is -0.462 e. The predicted molar refractivity (Wildman–Crippen MR) is 247 cm³/mol. The third-order valence-electron chi connectivity index (χ3n) is 12.1. The molecule has 0 bridgehead atoms. The molecule has 0 aromatic heterocycles. The van der Waals surface area contributed by atoms with E-state index in [1.165, 1.54) is 173 Å². The first-order valence-electron chi connectivity index (χ1n) is 25.8. The molecule has 6 nitrogen and oxygen atoms in total. The van der Waals surface area contributed by atoms with E-state index in [1.807, 2.05) is 0 Å². The summed E-state index contributed by atoms with van der Waals surface area (Å²) in [5, 5.41) is 0. The number of carbonyl (C=O) groups is 3. The van der Waals surface area contributed by atoms with Crippen molar-refractivity contribution in [1.82, 2.24) is 0 Å². The molecule has 0 N–H and O–H groups in total. The highest BCUT2D eigenvalue weighted by Crippen LogP contribution is 2.18. The molecule has 0 saturated carbocycles. The van der Waals surface area contributed by atoms with Crippen LogP contribution in [0.15, 0.2) is 0 Å². The van der Waals surface area contributed by atoms with Crippen LogP contribution in [0.4, 0.5) is 0 Å². The second-order valence-corrected chi connectivity index (χ2v) is 18.5. The maximum atomic E-state index is 12.8. The van der Waals surface area contributed by atoms with Crippen molar-refractivity contribution in [3.05, 3.63) is 0 Å². The zero-order valence-electron chi connectivity index (χ0n) is 39.7. The van der Waals surface area contributed by atoms with Gasteiger partial charge < -0.3 is 14.2 Å². The maximum Gasteiger partial charge on any atom is 0.306 e. The van der Waals surface area contributed by atoms with Crippen LogP contribution in [0.2, 0.25) is 0 Å². The Morgan fingerprint density at radius 2 is 0.655 bits per heavy atom. The fourth-order valence-electron chi connectivity index (χ4n) is 7.78. The van der Waals surface area contributed by atoms with Gasteiger partial charge in [0.1, 0.15) is 13.2 Å². The topological polar surface area (TPSA) is 78.9 Å². The summed E-state index contributed by atoms with van der Waals surface area (Å²) >= 11 is 0. The number of unbranched alkanes of at least 4 members (excludes halogenated alkanes) is 30. The number of rotatable bonds is 46. The van der Waals surface area contributed by atoms with Crippen LogP contribution in [0.1, 0.15) is 285 Å². The summed E-state index contributed by atoms with van der Waals surface area (Å²) in [6, 6.07) is 0. The lowest BCUT2D eigenvalue weighted by Crippen LogP contribution is -2.30. The van der Waals surface area contributed by atoms with Gasteiger partial charge in [0.25, 0.3) is 0 Å². The molecule has 2 atom stereocenters. The monoisotopic (exact) mass is 821 g/mol. The van der Waals surface area contributed by atoms with E-state index in [0.717, 1.165) is 69.6 Å². The lowest BCUT2D eigenvalue weighted by molar-refractivity contribution is -0.167. The number of ether oxygens (including phenoxy) is 3. The van der Waals surface area contributed by atoms with Crippen LogP contribution in [0.5, 0.6) is 0 Å². The van der Waals surface area contributed by atoms with Gasteiger partial charge in [-0.15, -0.1) is 0 Å². The zero-order chi connectivity index (χ0) is 42.6. The van der Waals surface area contributed by atoms with E-state index < -0.39 is 6.10 Å². The first kappa shape index (κ1) is 56.4. The van der Waals surface area contributed by atoms with E-state index in [2.05, 4.69) is 34.6 Å². The Morgan fingerprint density at radius 3 is 0.983 bits per heavy atom. The van der Waals surface area contributed by atoms with Gasteiger partial charge in [0.2, 0.25) is 0 Å². The molecule has 0 aromatic carbocycles. The van der Waals surface area contributed by atoms with Crippen LogP contribution in [-0.2, 0) is 28.6 Å². The van der Waals surface area contributed by atoms with Crippen LogP contribution in [0.25, 0.3) is 0 Å². The molecule has 0 aliphatic heterocycles. The second kappa shape index (κ2) is 44.9. The summed E-state index contributed by atoms with van der Waals surface area (Å²) < 4.78 is 16.8. The van der Waals surface area contributed by atoms with E-state index in [9.17, 15) is 14.4 Å². The summed E-state index contributed by atoms with van der Waals surface area (Å²) in [4.78, 5) is 37.9. The molecule has 58 heavy (non-hydrogen) atoms. The normalized spacial score (nSPS) is 12.5. The maximum absolute atomic E-state index is 12.8. The van der Waals surface area contributed by atoms with Crippen molar-refractivity contribution in [3.63, 3.8) is 0 Å². The molecule has 0 aliphatic rings. The number of carbonyl (C=O) groups excluding carboxylic acids is 3. The molecule has 0 amide bonds. The Labute approximate surface area is 361 Å². The van der Waals surface area contributed by atoms with E-state index in [-0.39, 0.29) is 31.1 Å². The van der Waals surface area contributed by atoms with Gasteiger partial charge in [0, 0.05) is 19.3 Å². The van der Waals surface area contributed by atoms with Crippen molar-refractivity contribution >= 4 is 17.9 Å². The lowest BCUT2D eigenvalue weighted by Gasteiger charge is -2.18. The smallest absolute Gasteiger partial charge is 0.306 e. The molecule has 344 valence electrons. The van der Waals surface area contributed by atoms with Crippen molar-refractivity contribution < 1.29 is 28.6 Å². The average molecular weight is 821 g/mol. The molecule has 0 rings (SSSR count). The molecule has 0 heterocycles. The van der Waals surface area contributed by atoms with Crippen molar-refractivity contribution in [3.8, 4) is 0 Å². The largest absolute Gasteiger partial charge is 0.462 e. The van der Waals surface area contributed by atoms with Gasteiger partial charge in [-0.2, -0.15) is 0 Å². The average Bonchev–Trinajstić information content (AvgIpc) is 3.21. The van der Waals surface area contributed by atoms with Crippen molar-refractivity contribution in [1.29, 1.82) is 0 Å². The fraction of sp³-hybridized carbons (Fsp3) is 0.942. The van der Waals surface area contributed by atoms with Gasteiger partial charge in [-0.1, -0.05) is 247 Å². The van der Waals surface area contributed by atoms with Gasteiger partial charge in [0.15, 0.2) is 6.10 Å². The van der Waals surface area contributed by atoms with Crippen molar-refractivity contribution in [2.45, 2.75) is 291 Å². The fourth-order valence-corrected chi connectivity index (χ4v) is 7.78. The first-order valence-corrected chi connectivity index (χ1v) is 25.8. The van der Waals surface area contributed by atoms with Gasteiger partial charge in [-0.3, -0.25) is 14.4 Å². The molecular formula is C52H100O6. The minimum atomic E-state index is -0.762. The van der Waals surface area contributed by atoms with Gasteiger partial charge in [-0.25, -0.2) is 0 Å². The number of esters is 3. The van der Waals surface area contributed by atoms with E-state index in [0.29, 0.717) is 19.3 Å². The Morgan fingerprint density at radius 1 is 0.362 bits per heavy atom. The Kier molecular flexibility index (Phi) is 43.7. The van der Waals surface area contributed by atoms with Crippen LogP contribution in [-0.4, -0.2) is 37.2 Å². The quantitative estimate of drug-likeness (QED) is 0.0346. The van der Waals surface area contributed by atoms with Gasteiger partial charge in [0.05, 0.1) is 0 Å². The lowest BCUT2D eigenvalue weighted by atomic mass is 9.99. The summed E-state index contributed by atoms with van der Waals surface area (Å²) in [7, 11) is 0. The second-order valence-electron chi connectivity index (χ2n) is 18.5. The zero-order valence-corrected chi connectivity index (χ0v) is 39.7. The minimum absolute atomic E-state index is 0.0640. The number of hydrogen-bond donors (Lipinski definition) is 0. The molecule has 0 aromatic rings. The molecule has 1 unspecified atom stereocenters. The molecule has 0 saturated heterocycles. The summed E-state index contributed by atoms with van der Waals surface area (Å²) in [6.45, 7) is 11.4. The molecule has 0 spiro atoms. The van der Waals surface area contributed by atoms with Crippen LogP contribution in [0.3, 0.4) is 0 Å². The summed E-state index contributed by atoms with van der Waals surface area (Å²) in [5.41, 5.74) is 0.